The molecule has 0 N–H and O–H groups in total. The van der Waals surface area contributed by atoms with Gasteiger partial charge in [-0.3, -0.25) is 4.79 Å². The molecule has 1 aromatic heterocycles. The Kier molecular flexibility index (Phi) is 8.87. The summed E-state index contributed by atoms with van der Waals surface area (Å²) in [5, 5.41) is 0.793. The third kappa shape index (κ3) is 6.80. The van der Waals surface area contributed by atoms with Gasteiger partial charge in [-0.2, -0.15) is 13.2 Å². The molecule has 2 aromatic rings. The molecule has 0 aliphatic carbocycles. The lowest BCUT2D eigenvalue weighted by Gasteiger charge is -2.25. The molecular weight excluding hydrogens is 401 g/mol. The fourth-order valence-electron chi connectivity index (χ4n) is 3.31. The lowest BCUT2D eigenvalue weighted by atomic mass is 9.92. The van der Waals surface area contributed by atoms with Crippen LogP contribution in [0.5, 0.6) is 0 Å². The molecule has 28 heavy (non-hydrogen) atoms. The van der Waals surface area contributed by atoms with Gasteiger partial charge in [0.2, 0.25) is 4.74 Å². The molecule has 1 aromatic carbocycles. The average Bonchev–Trinajstić information content (AvgIpc) is 2.65. The molecule has 0 aliphatic rings. The Balaban J connectivity index is 2.14. The van der Waals surface area contributed by atoms with Gasteiger partial charge >= 0.3 is 6.18 Å². The summed E-state index contributed by atoms with van der Waals surface area (Å²) in [5.74, 6) is -0.809. The highest BCUT2D eigenvalue weighted by atomic mass is 32.2. The van der Waals surface area contributed by atoms with E-state index in [1.165, 1.54) is 23.1 Å². The Morgan fingerprint density at radius 1 is 1.11 bits per heavy atom. The van der Waals surface area contributed by atoms with Crippen molar-refractivity contribution in [3.8, 4) is 0 Å². The summed E-state index contributed by atoms with van der Waals surface area (Å²) in [6.07, 6.45) is -0.777. The van der Waals surface area contributed by atoms with Crippen molar-refractivity contribution in [3.63, 3.8) is 0 Å². The Labute approximate surface area is 173 Å². The first kappa shape index (κ1) is 23.3. The molecule has 1 nitrogen and oxygen atoms in total. The molecular formula is C22H29F3OS2. The highest BCUT2D eigenvalue weighted by Gasteiger charge is 2.40. The Bertz CT molecular complexity index is 800. The van der Waals surface area contributed by atoms with Crippen LogP contribution >= 0.6 is 23.1 Å². The number of rotatable bonds is 10. The van der Waals surface area contributed by atoms with Crippen molar-refractivity contribution in [2.45, 2.75) is 75.6 Å². The van der Waals surface area contributed by atoms with Gasteiger partial charge in [0.15, 0.2) is 0 Å². The van der Waals surface area contributed by atoms with Crippen molar-refractivity contribution in [2.75, 3.05) is 0 Å². The van der Waals surface area contributed by atoms with Crippen molar-refractivity contribution < 1.29 is 13.2 Å². The molecule has 3 atom stereocenters. The number of thioether (sulfide) groups is 1. The number of halogens is 3. The lowest BCUT2D eigenvalue weighted by molar-refractivity contribution is -0.178. The van der Waals surface area contributed by atoms with Crippen LogP contribution in [0.4, 0.5) is 13.2 Å². The van der Waals surface area contributed by atoms with Crippen LogP contribution in [0.15, 0.2) is 40.0 Å². The predicted molar refractivity (Wildman–Crippen MR) is 115 cm³/mol. The zero-order valence-corrected chi connectivity index (χ0v) is 18.4. The maximum absolute atomic E-state index is 13.6. The fraction of sp³-hybridized carbons (Fsp3) is 0.591. The minimum atomic E-state index is -4.17. The summed E-state index contributed by atoms with van der Waals surface area (Å²) in [7, 11) is 0. The van der Waals surface area contributed by atoms with E-state index in [2.05, 4.69) is 13.8 Å². The molecule has 156 valence electrons. The van der Waals surface area contributed by atoms with Crippen LogP contribution in [0, 0.1) is 11.8 Å². The van der Waals surface area contributed by atoms with Crippen molar-refractivity contribution in [1.82, 2.24) is 0 Å². The van der Waals surface area contributed by atoms with Gasteiger partial charge in [0, 0.05) is 26.3 Å². The zero-order valence-electron chi connectivity index (χ0n) is 16.7. The molecule has 1 heterocycles. The molecule has 0 fully saturated rings. The van der Waals surface area contributed by atoms with Crippen LogP contribution in [0.1, 0.15) is 59.3 Å². The van der Waals surface area contributed by atoms with E-state index in [0.29, 0.717) is 18.8 Å². The molecule has 2 rings (SSSR count). The van der Waals surface area contributed by atoms with Crippen LogP contribution in [0.2, 0.25) is 0 Å². The molecule has 0 radical (unpaired) electrons. The van der Waals surface area contributed by atoms with Gasteiger partial charge in [-0.1, -0.05) is 69.6 Å². The van der Waals surface area contributed by atoms with E-state index >= 15 is 0 Å². The second kappa shape index (κ2) is 10.7. The standard InChI is InChI=1S/C22H29F3OS2/c1-4-15(3)9-8-10-16(22(23,24)25)13-17(5-2)27-20-14-21(26)28-19-12-7-6-11-18(19)20/h6-7,11-12,14-17H,4-5,8-10,13H2,1-3H3. The summed E-state index contributed by atoms with van der Waals surface area (Å²) in [5.41, 5.74) is 0. The number of alkyl halides is 3. The van der Waals surface area contributed by atoms with Crippen LogP contribution in [0.3, 0.4) is 0 Å². The Morgan fingerprint density at radius 3 is 2.46 bits per heavy atom. The van der Waals surface area contributed by atoms with Gasteiger partial charge in [-0.25, -0.2) is 0 Å². The summed E-state index contributed by atoms with van der Waals surface area (Å²) in [6, 6.07) is 9.18. The number of hydrogen-bond acceptors (Lipinski definition) is 3. The van der Waals surface area contributed by atoms with E-state index in [-0.39, 0.29) is 22.8 Å². The first-order valence-corrected chi connectivity index (χ1v) is 11.7. The molecule has 0 spiro atoms. The predicted octanol–water partition coefficient (Wildman–Crippen LogP) is 7.92. The van der Waals surface area contributed by atoms with Gasteiger partial charge in [-0.15, -0.1) is 11.8 Å². The quantitative estimate of drug-likeness (QED) is 0.356. The largest absolute Gasteiger partial charge is 0.391 e. The fourth-order valence-corrected chi connectivity index (χ4v) is 5.61. The zero-order chi connectivity index (χ0) is 20.7. The van der Waals surface area contributed by atoms with Crippen molar-refractivity contribution in [2.24, 2.45) is 11.8 Å². The summed E-state index contributed by atoms with van der Waals surface area (Å²) < 4.78 is 41.7. The minimum absolute atomic E-state index is 0.0584. The van der Waals surface area contributed by atoms with Gasteiger partial charge in [0.25, 0.3) is 0 Å². The van der Waals surface area contributed by atoms with Gasteiger partial charge < -0.3 is 0 Å². The third-order valence-corrected chi connectivity index (χ3v) is 7.66. The van der Waals surface area contributed by atoms with E-state index in [0.717, 1.165) is 27.8 Å². The summed E-state index contributed by atoms with van der Waals surface area (Å²) in [6.45, 7) is 6.09. The molecule has 0 bridgehead atoms. The van der Waals surface area contributed by atoms with E-state index in [4.69, 9.17) is 0 Å². The van der Waals surface area contributed by atoms with Crippen LogP contribution in [-0.2, 0) is 0 Å². The maximum Gasteiger partial charge on any atom is 0.391 e. The number of benzene rings is 1. The smallest absolute Gasteiger partial charge is 0.278 e. The molecule has 0 amide bonds. The maximum atomic E-state index is 13.6. The first-order valence-electron chi connectivity index (χ1n) is 10.0. The number of fused-ring (bicyclic) bond motifs is 1. The van der Waals surface area contributed by atoms with Crippen LogP contribution in [-0.4, -0.2) is 11.4 Å². The SMILES string of the molecule is CCC(C)CCCC(CC(CC)Sc1cc(=O)sc2ccccc12)C(F)(F)F. The highest BCUT2D eigenvalue weighted by Crippen LogP contribution is 2.40. The first-order chi connectivity index (χ1) is 13.2. The van der Waals surface area contributed by atoms with Gasteiger partial charge in [-0.05, 0) is 31.2 Å². The van der Waals surface area contributed by atoms with Crippen LogP contribution in [0.25, 0.3) is 10.1 Å². The van der Waals surface area contributed by atoms with Gasteiger partial charge in [0.05, 0.1) is 5.92 Å². The second-order valence-electron chi connectivity index (χ2n) is 7.49. The molecule has 0 saturated heterocycles. The second-order valence-corrected chi connectivity index (χ2v) is 9.88. The van der Waals surface area contributed by atoms with Crippen LogP contribution < -0.4 is 4.74 Å². The lowest BCUT2D eigenvalue weighted by Crippen LogP contribution is -2.26. The van der Waals surface area contributed by atoms with E-state index < -0.39 is 12.1 Å². The van der Waals surface area contributed by atoms with E-state index in [1.54, 1.807) is 6.07 Å². The molecule has 0 aliphatic heterocycles. The Hall–Kier alpha value is -1.01. The molecule has 0 saturated carbocycles. The Morgan fingerprint density at radius 2 is 1.82 bits per heavy atom. The average molecular weight is 431 g/mol. The van der Waals surface area contributed by atoms with Gasteiger partial charge in [0.1, 0.15) is 0 Å². The topological polar surface area (TPSA) is 17.1 Å². The monoisotopic (exact) mass is 430 g/mol. The van der Waals surface area contributed by atoms with E-state index in [1.807, 2.05) is 31.2 Å². The van der Waals surface area contributed by atoms with Crippen molar-refractivity contribution >= 4 is 33.2 Å². The number of hydrogen-bond donors (Lipinski definition) is 0. The molecule has 3 unspecified atom stereocenters. The summed E-state index contributed by atoms with van der Waals surface area (Å²) in [4.78, 5) is 12.8. The van der Waals surface area contributed by atoms with Crippen molar-refractivity contribution in [3.05, 3.63) is 39.9 Å². The van der Waals surface area contributed by atoms with E-state index in [9.17, 15) is 18.0 Å². The minimum Gasteiger partial charge on any atom is -0.278 e. The third-order valence-electron chi connectivity index (χ3n) is 5.32. The normalized spacial score (nSPS) is 15.5. The summed E-state index contributed by atoms with van der Waals surface area (Å²) >= 11 is 2.60. The highest BCUT2D eigenvalue weighted by molar-refractivity contribution is 8.00. The molecule has 6 heteroatoms. The van der Waals surface area contributed by atoms with Crippen molar-refractivity contribution in [1.29, 1.82) is 0 Å².